The standard InChI is InChI=1S/C20H30O4/c1-2-3-8-16-17-13-19(22)15(14(17)11-12-18(16)21)9-6-4-5-7-10-20(23)24/h4,6,14-17H,2-3,5,7-13H2,1H3,(H,23,24)/b6-4+/t14-,15?,16+,17+/m1/s1. The molecule has 2 saturated carbocycles. The van der Waals surface area contributed by atoms with Crippen molar-refractivity contribution in [3.63, 3.8) is 0 Å². The smallest absolute Gasteiger partial charge is 0.303 e. The van der Waals surface area contributed by atoms with E-state index in [1.165, 1.54) is 0 Å². The minimum absolute atomic E-state index is 0.0722. The second-order valence-electron chi connectivity index (χ2n) is 7.35. The molecule has 0 aromatic rings. The van der Waals surface area contributed by atoms with E-state index >= 15 is 0 Å². The lowest BCUT2D eigenvalue weighted by Crippen LogP contribution is -2.34. The molecule has 4 heteroatoms. The van der Waals surface area contributed by atoms with Crippen molar-refractivity contribution in [1.82, 2.24) is 0 Å². The van der Waals surface area contributed by atoms with Gasteiger partial charge in [-0.25, -0.2) is 0 Å². The average molecular weight is 334 g/mol. The van der Waals surface area contributed by atoms with Gasteiger partial charge in [0.15, 0.2) is 0 Å². The second-order valence-corrected chi connectivity index (χ2v) is 7.35. The van der Waals surface area contributed by atoms with Gasteiger partial charge >= 0.3 is 5.97 Å². The van der Waals surface area contributed by atoms with Gasteiger partial charge in [0, 0.05) is 31.1 Å². The second kappa shape index (κ2) is 9.14. The number of unbranched alkanes of at least 4 members (excludes halogenated alkanes) is 2. The molecule has 134 valence electrons. The molecule has 2 aliphatic carbocycles. The lowest BCUT2D eigenvalue weighted by molar-refractivity contribution is -0.137. The van der Waals surface area contributed by atoms with Crippen LogP contribution in [0.3, 0.4) is 0 Å². The Morgan fingerprint density at radius 1 is 1.12 bits per heavy atom. The van der Waals surface area contributed by atoms with E-state index in [-0.39, 0.29) is 24.2 Å². The lowest BCUT2D eigenvalue weighted by atomic mass is 9.69. The first-order valence-corrected chi connectivity index (χ1v) is 9.46. The van der Waals surface area contributed by atoms with E-state index in [1.807, 2.05) is 12.2 Å². The molecule has 4 nitrogen and oxygen atoms in total. The summed E-state index contributed by atoms with van der Waals surface area (Å²) in [6.07, 6.45) is 11.6. The van der Waals surface area contributed by atoms with Crippen molar-refractivity contribution in [2.45, 2.75) is 71.1 Å². The predicted molar refractivity (Wildman–Crippen MR) is 92.6 cm³/mol. The maximum absolute atomic E-state index is 12.5. The van der Waals surface area contributed by atoms with Crippen molar-refractivity contribution in [2.75, 3.05) is 0 Å². The number of carboxylic acids is 1. The van der Waals surface area contributed by atoms with Crippen molar-refractivity contribution >= 4 is 17.5 Å². The third-order valence-corrected chi connectivity index (χ3v) is 5.76. The normalized spacial score (nSPS) is 30.0. The first kappa shape index (κ1) is 18.9. The molecule has 0 aromatic carbocycles. The van der Waals surface area contributed by atoms with E-state index in [1.54, 1.807) is 0 Å². The molecule has 0 aromatic heterocycles. The third kappa shape index (κ3) is 4.78. The molecular weight excluding hydrogens is 304 g/mol. The van der Waals surface area contributed by atoms with Gasteiger partial charge in [-0.1, -0.05) is 31.9 Å². The Bertz CT molecular complexity index is 494. The highest BCUT2D eigenvalue weighted by Crippen LogP contribution is 2.48. The number of hydrogen-bond donors (Lipinski definition) is 1. The first-order chi connectivity index (χ1) is 11.5. The number of carbonyl (C=O) groups excluding carboxylic acids is 2. The summed E-state index contributed by atoms with van der Waals surface area (Å²) in [7, 11) is 0. The molecule has 0 bridgehead atoms. The number of allylic oxidation sites excluding steroid dienone is 2. The average Bonchev–Trinajstić information content (AvgIpc) is 2.85. The van der Waals surface area contributed by atoms with Crippen LogP contribution in [0.25, 0.3) is 0 Å². The number of rotatable bonds is 9. The monoisotopic (exact) mass is 334 g/mol. The molecule has 0 aliphatic heterocycles. The lowest BCUT2D eigenvalue weighted by Gasteiger charge is -2.34. The number of carbonyl (C=O) groups is 3. The van der Waals surface area contributed by atoms with Gasteiger partial charge in [0.2, 0.25) is 0 Å². The number of aliphatic carboxylic acids is 1. The van der Waals surface area contributed by atoms with E-state index in [9.17, 15) is 14.4 Å². The highest BCUT2D eigenvalue weighted by Gasteiger charge is 2.48. The summed E-state index contributed by atoms with van der Waals surface area (Å²) in [5.41, 5.74) is 0. The number of carboxylic acid groups (broad SMARTS) is 1. The Hall–Kier alpha value is -1.45. The Kier molecular flexibility index (Phi) is 7.19. The number of hydrogen-bond acceptors (Lipinski definition) is 3. The molecule has 0 heterocycles. The largest absolute Gasteiger partial charge is 0.481 e. The summed E-state index contributed by atoms with van der Waals surface area (Å²) in [4.78, 5) is 35.2. The van der Waals surface area contributed by atoms with Crippen LogP contribution in [0.4, 0.5) is 0 Å². The van der Waals surface area contributed by atoms with Crippen LogP contribution >= 0.6 is 0 Å². The van der Waals surface area contributed by atoms with Gasteiger partial charge in [-0.15, -0.1) is 0 Å². The topological polar surface area (TPSA) is 71.4 Å². The minimum atomic E-state index is -0.762. The summed E-state index contributed by atoms with van der Waals surface area (Å²) in [5, 5.41) is 8.62. The number of ketones is 2. The van der Waals surface area contributed by atoms with Crippen molar-refractivity contribution in [3.8, 4) is 0 Å². The fourth-order valence-corrected chi connectivity index (χ4v) is 4.50. The molecule has 2 fully saturated rings. The summed E-state index contributed by atoms with van der Waals surface area (Å²) < 4.78 is 0. The Morgan fingerprint density at radius 2 is 1.92 bits per heavy atom. The molecule has 2 rings (SSSR count). The van der Waals surface area contributed by atoms with Gasteiger partial charge in [0.25, 0.3) is 0 Å². The molecular formula is C20H30O4. The fourth-order valence-electron chi connectivity index (χ4n) is 4.50. The summed E-state index contributed by atoms with van der Waals surface area (Å²) in [6, 6.07) is 0. The van der Waals surface area contributed by atoms with Gasteiger partial charge in [-0.3, -0.25) is 14.4 Å². The molecule has 1 N–H and O–H groups in total. The maximum atomic E-state index is 12.5. The van der Waals surface area contributed by atoms with Crippen LogP contribution in [-0.4, -0.2) is 22.6 Å². The SMILES string of the molecule is CCCC[C@@H]1C(=O)CC[C@@H]2C(C/C=C/CCCC(=O)O)C(=O)C[C@H]12. The highest BCUT2D eigenvalue weighted by molar-refractivity contribution is 5.88. The molecule has 1 unspecified atom stereocenters. The summed E-state index contributed by atoms with van der Waals surface area (Å²) >= 11 is 0. The minimum Gasteiger partial charge on any atom is -0.481 e. The molecule has 0 spiro atoms. The van der Waals surface area contributed by atoms with E-state index in [2.05, 4.69) is 6.92 Å². The Labute approximate surface area is 144 Å². The molecule has 0 saturated heterocycles. The zero-order valence-electron chi connectivity index (χ0n) is 14.7. The summed E-state index contributed by atoms with van der Waals surface area (Å²) in [5.74, 6) is 0.775. The Morgan fingerprint density at radius 3 is 2.62 bits per heavy atom. The van der Waals surface area contributed by atoms with Crippen LogP contribution in [0.15, 0.2) is 12.2 Å². The van der Waals surface area contributed by atoms with Gasteiger partial charge in [-0.05, 0) is 43.9 Å². The fraction of sp³-hybridized carbons (Fsp3) is 0.750. The van der Waals surface area contributed by atoms with Crippen LogP contribution in [0.5, 0.6) is 0 Å². The number of Topliss-reactive ketones (excluding diaryl/α,β-unsaturated/α-hetero) is 2. The predicted octanol–water partition coefficient (Wildman–Crippen LogP) is 4.18. The highest BCUT2D eigenvalue weighted by atomic mass is 16.4. The van der Waals surface area contributed by atoms with Gasteiger partial charge < -0.3 is 5.11 Å². The quantitative estimate of drug-likeness (QED) is 0.507. The zero-order valence-corrected chi connectivity index (χ0v) is 14.7. The Balaban J connectivity index is 1.88. The third-order valence-electron chi connectivity index (χ3n) is 5.76. The zero-order chi connectivity index (χ0) is 17.5. The maximum Gasteiger partial charge on any atom is 0.303 e. The van der Waals surface area contributed by atoms with Crippen molar-refractivity contribution < 1.29 is 19.5 Å². The van der Waals surface area contributed by atoms with Crippen LogP contribution < -0.4 is 0 Å². The summed E-state index contributed by atoms with van der Waals surface area (Å²) in [6.45, 7) is 2.14. The molecule has 24 heavy (non-hydrogen) atoms. The van der Waals surface area contributed by atoms with Crippen LogP contribution in [0.2, 0.25) is 0 Å². The van der Waals surface area contributed by atoms with Crippen LogP contribution in [0.1, 0.15) is 71.1 Å². The van der Waals surface area contributed by atoms with Crippen LogP contribution in [0, 0.1) is 23.7 Å². The number of fused-ring (bicyclic) bond motifs is 1. The molecule has 0 amide bonds. The van der Waals surface area contributed by atoms with Crippen molar-refractivity contribution in [3.05, 3.63) is 12.2 Å². The molecule has 4 atom stereocenters. The van der Waals surface area contributed by atoms with Crippen molar-refractivity contribution in [1.29, 1.82) is 0 Å². The van der Waals surface area contributed by atoms with E-state index in [0.717, 1.165) is 38.5 Å². The van der Waals surface area contributed by atoms with Gasteiger partial charge in [0.05, 0.1) is 0 Å². The van der Waals surface area contributed by atoms with Crippen molar-refractivity contribution in [2.24, 2.45) is 23.7 Å². The van der Waals surface area contributed by atoms with E-state index in [0.29, 0.717) is 36.7 Å². The van der Waals surface area contributed by atoms with Gasteiger partial charge in [-0.2, -0.15) is 0 Å². The van der Waals surface area contributed by atoms with E-state index < -0.39 is 5.97 Å². The van der Waals surface area contributed by atoms with E-state index in [4.69, 9.17) is 5.11 Å². The first-order valence-electron chi connectivity index (χ1n) is 9.46. The van der Waals surface area contributed by atoms with Crippen LogP contribution in [-0.2, 0) is 14.4 Å². The van der Waals surface area contributed by atoms with Gasteiger partial charge in [0.1, 0.15) is 11.6 Å². The molecule has 0 radical (unpaired) electrons. The molecule has 2 aliphatic rings.